The number of allylic oxidation sites excluding steroid dienone is 5. The fraction of sp³-hybridized carbons (Fsp3) is 0.300. The van der Waals surface area contributed by atoms with Gasteiger partial charge in [-0.25, -0.2) is 0 Å². The van der Waals surface area contributed by atoms with E-state index >= 15 is 0 Å². The highest BCUT2D eigenvalue weighted by molar-refractivity contribution is 5.72. The third-order valence-electron chi connectivity index (χ3n) is 2.34. The number of aliphatic imine (C=N–C) groups is 1. The van der Waals surface area contributed by atoms with Gasteiger partial charge in [0.25, 0.3) is 0 Å². The van der Waals surface area contributed by atoms with Crippen LogP contribution in [0.25, 0.3) is 0 Å². The molecule has 0 fully saturated rings. The Bertz CT molecular complexity index is 245. The Morgan fingerprint density at radius 2 is 2.18 bits per heavy atom. The number of hydrogen-bond donors (Lipinski definition) is 0. The van der Waals surface area contributed by atoms with Crippen LogP contribution in [-0.2, 0) is 0 Å². The van der Waals surface area contributed by atoms with E-state index in [1.54, 1.807) is 0 Å². The molecule has 0 amide bonds. The Morgan fingerprint density at radius 3 is 3.00 bits per heavy atom. The molecular formula is C10H11N. The van der Waals surface area contributed by atoms with Gasteiger partial charge in [-0.2, -0.15) is 0 Å². The minimum absolute atomic E-state index is 0.128. The van der Waals surface area contributed by atoms with E-state index in [0.29, 0.717) is 5.92 Å². The van der Waals surface area contributed by atoms with Crippen LogP contribution in [0.5, 0.6) is 0 Å². The zero-order valence-corrected chi connectivity index (χ0v) is 6.57. The second-order valence-electron chi connectivity index (χ2n) is 3.26. The van der Waals surface area contributed by atoms with Crippen molar-refractivity contribution in [2.24, 2.45) is 16.3 Å². The summed E-state index contributed by atoms with van der Waals surface area (Å²) >= 11 is 0. The number of nitrogens with zero attached hydrogens (tertiary/aromatic N) is 1. The Kier molecular flexibility index (Phi) is 1.31. The first kappa shape index (κ1) is 6.59. The molecule has 1 aliphatic carbocycles. The average Bonchev–Trinajstić information content (AvgIpc) is 2.03. The molecule has 0 saturated heterocycles. The second-order valence-corrected chi connectivity index (χ2v) is 3.26. The van der Waals surface area contributed by atoms with Gasteiger partial charge >= 0.3 is 0 Å². The van der Waals surface area contributed by atoms with Crippen molar-refractivity contribution in [2.45, 2.75) is 6.92 Å². The number of rotatable bonds is 0. The maximum atomic E-state index is 4.14. The van der Waals surface area contributed by atoms with Crippen LogP contribution in [0.1, 0.15) is 6.92 Å². The molecule has 0 spiro atoms. The van der Waals surface area contributed by atoms with Crippen molar-refractivity contribution in [3.8, 4) is 0 Å². The highest BCUT2D eigenvalue weighted by Crippen LogP contribution is 2.34. The van der Waals surface area contributed by atoms with Crippen LogP contribution in [0.15, 0.2) is 41.6 Å². The molecule has 2 aliphatic rings. The third-order valence-corrected chi connectivity index (χ3v) is 2.34. The largest absolute Gasteiger partial charge is 0.268 e. The monoisotopic (exact) mass is 145 g/mol. The zero-order chi connectivity index (χ0) is 7.73. The van der Waals surface area contributed by atoms with E-state index in [1.807, 2.05) is 12.4 Å². The summed E-state index contributed by atoms with van der Waals surface area (Å²) in [6, 6.07) is 0. The van der Waals surface area contributed by atoms with Gasteiger partial charge in [-0.05, 0) is 0 Å². The summed E-state index contributed by atoms with van der Waals surface area (Å²) in [6.07, 6.45) is 14.6. The maximum absolute atomic E-state index is 4.14. The van der Waals surface area contributed by atoms with Gasteiger partial charge in [-0.15, -0.1) is 0 Å². The lowest BCUT2D eigenvalue weighted by atomic mass is 9.74. The predicted octanol–water partition coefficient (Wildman–Crippen LogP) is 2.33. The third kappa shape index (κ3) is 0.967. The first-order chi connectivity index (χ1) is 5.31. The number of fused-ring (bicyclic) bond motifs is 1. The van der Waals surface area contributed by atoms with Crippen LogP contribution in [0.3, 0.4) is 0 Å². The Hall–Kier alpha value is -1.11. The highest BCUT2D eigenvalue weighted by Gasteiger charge is 2.28. The van der Waals surface area contributed by atoms with Crippen molar-refractivity contribution in [3.05, 3.63) is 36.6 Å². The molecule has 0 aromatic heterocycles. The summed E-state index contributed by atoms with van der Waals surface area (Å²) in [5.74, 6) is 0.505. The normalized spacial score (nSPS) is 39.2. The standard InChI is InChI=1S/C10H11N/c1-10-6-3-2-4-9(10)5-7-11-8-10/h2-9H,1H3. The molecule has 0 N–H and O–H groups in total. The van der Waals surface area contributed by atoms with Gasteiger partial charge in [0.05, 0.1) is 0 Å². The van der Waals surface area contributed by atoms with E-state index in [0.717, 1.165) is 0 Å². The highest BCUT2D eigenvalue weighted by atomic mass is 14.7. The van der Waals surface area contributed by atoms with E-state index in [2.05, 4.69) is 42.3 Å². The smallest absolute Gasteiger partial charge is 0.0308 e. The summed E-state index contributed by atoms with van der Waals surface area (Å²) in [5.41, 5.74) is 0.128. The molecule has 1 nitrogen and oxygen atoms in total. The van der Waals surface area contributed by atoms with Crippen LogP contribution < -0.4 is 0 Å². The summed E-state index contributed by atoms with van der Waals surface area (Å²) in [5, 5.41) is 0. The first-order valence-corrected chi connectivity index (χ1v) is 3.88. The Balaban J connectivity index is 2.40. The van der Waals surface area contributed by atoms with E-state index < -0.39 is 0 Å². The van der Waals surface area contributed by atoms with Gasteiger partial charge in [-0.1, -0.05) is 37.3 Å². The van der Waals surface area contributed by atoms with E-state index in [4.69, 9.17) is 0 Å². The molecule has 1 heterocycles. The Morgan fingerprint density at radius 1 is 1.27 bits per heavy atom. The predicted molar refractivity (Wildman–Crippen MR) is 47.5 cm³/mol. The summed E-state index contributed by atoms with van der Waals surface area (Å²) in [6.45, 7) is 2.20. The molecule has 2 atom stereocenters. The van der Waals surface area contributed by atoms with E-state index in [9.17, 15) is 0 Å². The SMILES string of the molecule is CC12C=CC=CC1C=CN=C2. The van der Waals surface area contributed by atoms with Gasteiger partial charge in [0, 0.05) is 23.7 Å². The summed E-state index contributed by atoms with van der Waals surface area (Å²) in [7, 11) is 0. The lowest BCUT2D eigenvalue weighted by molar-refractivity contribution is 0.500. The molecule has 2 rings (SSSR count). The molecule has 0 aromatic carbocycles. The zero-order valence-electron chi connectivity index (χ0n) is 6.57. The van der Waals surface area contributed by atoms with Crippen LogP contribution >= 0.6 is 0 Å². The minimum Gasteiger partial charge on any atom is -0.268 e. The molecule has 1 heteroatoms. The molecule has 0 saturated carbocycles. The van der Waals surface area contributed by atoms with Gasteiger partial charge < -0.3 is 0 Å². The molecular weight excluding hydrogens is 134 g/mol. The van der Waals surface area contributed by atoms with Crippen LogP contribution in [0.2, 0.25) is 0 Å². The first-order valence-electron chi connectivity index (χ1n) is 3.88. The fourth-order valence-electron chi connectivity index (χ4n) is 1.51. The van der Waals surface area contributed by atoms with Gasteiger partial charge in [0.15, 0.2) is 0 Å². The van der Waals surface area contributed by atoms with Crippen molar-refractivity contribution in [1.29, 1.82) is 0 Å². The van der Waals surface area contributed by atoms with Crippen LogP contribution in [0, 0.1) is 11.3 Å². The second kappa shape index (κ2) is 2.19. The van der Waals surface area contributed by atoms with Crippen molar-refractivity contribution in [3.63, 3.8) is 0 Å². The molecule has 1 aliphatic heterocycles. The van der Waals surface area contributed by atoms with Gasteiger partial charge in [-0.3, -0.25) is 4.99 Å². The molecule has 0 aromatic rings. The lowest BCUT2D eigenvalue weighted by Crippen LogP contribution is -2.27. The van der Waals surface area contributed by atoms with Crippen molar-refractivity contribution in [2.75, 3.05) is 0 Å². The van der Waals surface area contributed by atoms with Crippen molar-refractivity contribution >= 4 is 6.21 Å². The van der Waals surface area contributed by atoms with Crippen molar-refractivity contribution < 1.29 is 0 Å². The summed E-state index contributed by atoms with van der Waals surface area (Å²) < 4.78 is 0. The van der Waals surface area contributed by atoms with Gasteiger partial charge in [0.1, 0.15) is 0 Å². The summed E-state index contributed by atoms with van der Waals surface area (Å²) in [4.78, 5) is 4.14. The fourth-order valence-corrected chi connectivity index (χ4v) is 1.51. The number of hydrogen-bond acceptors (Lipinski definition) is 1. The molecule has 56 valence electrons. The minimum atomic E-state index is 0.128. The Labute approximate surface area is 66.8 Å². The maximum Gasteiger partial charge on any atom is 0.0308 e. The van der Waals surface area contributed by atoms with E-state index in [-0.39, 0.29) is 5.41 Å². The average molecular weight is 145 g/mol. The topological polar surface area (TPSA) is 12.4 Å². The van der Waals surface area contributed by atoms with Crippen molar-refractivity contribution in [1.82, 2.24) is 0 Å². The quantitative estimate of drug-likeness (QED) is 0.496. The van der Waals surface area contributed by atoms with E-state index in [1.165, 1.54) is 0 Å². The molecule has 0 bridgehead atoms. The molecule has 0 radical (unpaired) electrons. The van der Waals surface area contributed by atoms with Gasteiger partial charge in [0.2, 0.25) is 0 Å². The molecule has 2 unspecified atom stereocenters. The van der Waals surface area contributed by atoms with Crippen LogP contribution in [0.4, 0.5) is 0 Å². The lowest BCUT2D eigenvalue weighted by Gasteiger charge is -2.30. The van der Waals surface area contributed by atoms with Crippen LogP contribution in [-0.4, -0.2) is 6.21 Å². The molecule has 11 heavy (non-hydrogen) atoms.